The van der Waals surface area contributed by atoms with Crippen molar-refractivity contribution >= 4 is 11.9 Å². The van der Waals surface area contributed by atoms with Crippen molar-refractivity contribution in [3.63, 3.8) is 0 Å². The second kappa shape index (κ2) is 9.82. The van der Waals surface area contributed by atoms with Gasteiger partial charge in [0.15, 0.2) is 11.5 Å². The molecule has 3 rings (SSSR count). The van der Waals surface area contributed by atoms with Gasteiger partial charge in [-0.3, -0.25) is 0 Å². The zero-order valence-corrected chi connectivity index (χ0v) is 19.3. The minimum atomic E-state index is -0.496. The summed E-state index contributed by atoms with van der Waals surface area (Å²) in [5.74, 6) is -0.117. The zero-order valence-electron chi connectivity index (χ0n) is 19.3. The summed E-state index contributed by atoms with van der Waals surface area (Å²) in [5, 5.41) is 0. The molecular weight excluding hydrogens is 400 g/mol. The van der Waals surface area contributed by atoms with Crippen molar-refractivity contribution in [3.8, 4) is 11.5 Å². The van der Waals surface area contributed by atoms with Gasteiger partial charge in [0.25, 0.3) is 0 Å². The van der Waals surface area contributed by atoms with Crippen LogP contribution in [0.3, 0.4) is 0 Å². The van der Waals surface area contributed by atoms with Gasteiger partial charge in [0.1, 0.15) is 0 Å². The van der Waals surface area contributed by atoms with Crippen molar-refractivity contribution in [2.24, 2.45) is 5.92 Å². The van der Waals surface area contributed by atoms with Crippen molar-refractivity contribution in [1.82, 2.24) is 0 Å². The van der Waals surface area contributed by atoms with Crippen LogP contribution in [0.1, 0.15) is 66.5 Å². The summed E-state index contributed by atoms with van der Waals surface area (Å²) >= 11 is 0. The molecule has 0 radical (unpaired) electrons. The molecule has 3 aromatic carbocycles. The first kappa shape index (κ1) is 23.3. The highest BCUT2D eigenvalue weighted by Crippen LogP contribution is 2.39. The molecule has 0 aliphatic rings. The van der Waals surface area contributed by atoms with Crippen molar-refractivity contribution in [2.75, 3.05) is 0 Å². The van der Waals surface area contributed by atoms with E-state index in [0.29, 0.717) is 29.2 Å². The molecule has 0 aliphatic heterocycles. The predicted molar refractivity (Wildman–Crippen MR) is 126 cm³/mol. The molecule has 4 nitrogen and oxygen atoms in total. The average Bonchev–Trinajstić information content (AvgIpc) is 2.75. The molecule has 166 valence electrons. The molecule has 0 amide bonds. The molecule has 3 aromatic rings. The molecule has 0 heterocycles. The summed E-state index contributed by atoms with van der Waals surface area (Å²) < 4.78 is 11.7. The lowest BCUT2D eigenvalue weighted by Gasteiger charge is -2.24. The van der Waals surface area contributed by atoms with Crippen molar-refractivity contribution in [2.45, 2.75) is 46.5 Å². The van der Waals surface area contributed by atoms with E-state index >= 15 is 0 Å². The highest BCUT2D eigenvalue weighted by Gasteiger charge is 2.25. The number of hydrogen-bond donors (Lipinski definition) is 0. The molecule has 0 saturated carbocycles. The third kappa shape index (κ3) is 5.85. The Morgan fingerprint density at radius 1 is 0.781 bits per heavy atom. The van der Waals surface area contributed by atoms with Crippen LogP contribution in [-0.2, 0) is 11.8 Å². The van der Waals surface area contributed by atoms with Crippen LogP contribution in [0.15, 0.2) is 72.8 Å². The topological polar surface area (TPSA) is 52.6 Å². The number of carbonyl (C=O) groups is 2. The van der Waals surface area contributed by atoms with Gasteiger partial charge in [0.05, 0.1) is 11.1 Å². The summed E-state index contributed by atoms with van der Waals surface area (Å²) in [6.07, 6.45) is 0.678. The molecule has 0 aliphatic carbocycles. The number of ether oxygens (including phenoxy) is 2. The minimum absolute atomic E-state index is 0.179. The number of esters is 2. The van der Waals surface area contributed by atoms with E-state index in [-0.39, 0.29) is 11.2 Å². The smallest absolute Gasteiger partial charge is 0.343 e. The lowest BCUT2D eigenvalue weighted by molar-refractivity contribution is 0.0680. The molecule has 0 saturated heterocycles. The second-order valence-electron chi connectivity index (χ2n) is 9.32. The Hall–Kier alpha value is -3.40. The maximum absolute atomic E-state index is 12.9. The third-order valence-electron chi connectivity index (χ3n) is 5.04. The number of benzene rings is 3. The predicted octanol–water partition coefficient (Wildman–Crippen LogP) is 6.62. The summed E-state index contributed by atoms with van der Waals surface area (Å²) in [6.45, 7) is 10.5. The minimum Gasteiger partial charge on any atom is -0.419 e. The van der Waals surface area contributed by atoms with Crippen molar-refractivity contribution in [3.05, 3.63) is 95.1 Å². The van der Waals surface area contributed by atoms with Gasteiger partial charge < -0.3 is 9.47 Å². The fourth-order valence-electron chi connectivity index (χ4n) is 3.33. The summed E-state index contributed by atoms with van der Waals surface area (Å²) in [6, 6.07) is 21.4. The molecule has 0 N–H and O–H groups in total. The molecule has 0 bridgehead atoms. The Balaban J connectivity index is 2.09. The van der Waals surface area contributed by atoms with Crippen LogP contribution in [0.4, 0.5) is 0 Å². The van der Waals surface area contributed by atoms with Crippen LogP contribution < -0.4 is 9.47 Å². The van der Waals surface area contributed by atoms with Gasteiger partial charge in [-0.05, 0) is 59.2 Å². The SMILES string of the molecule is CC(C)Cc1cc(C(C)(C)C)cc(OC(=O)c2ccccc2)c1OC(=O)c1ccccc1. The van der Waals surface area contributed by atoms with E-state index in [4.69, 9.17) is 9.47 Å². The summed E-state index contributed by atoms with van der Waals surface area (Å²) in [5.41, 5.74) is 2.53. The largest absolute Gasteiger partial charge is 0.419 e. The van der Waals surface area contributed by atoms with Crippen LogP contribution in [0, 0.1) is 5.92 Å². The third-order valence-corrected chi connectivity index (χ3v) is 5.04. The normalized spacial score (nSPS) is 11.3. The van der Waals surface area contributed by atoms with Crippen LogP contribution in [0.25, 0.3) is 0 Å². The van der Waals surface area contributed by atoms with E-state index in [1.54, 1.807) is 54.6 Å². The van der Waals surface area contributed by atoms with E-state index < -0.39 is 11.9 Å². The van der Waals surface area contributed by atoms with Crippen LogP contribution in [-0.4, -0.2) is 11.9 Å². The van der Waals surface area contributed by atoms with E-state index in [9.17, 15) is 9.59 Å². The van der Waals surface area contributed by atoms with Gasteiger partial charge in [-0.1, -0.05) is 77.1 Å². The van der Waals surface area contributed by atoms with Crippen LogP contribution >= 0.6 is 0 Å². The Morgan fingerprint density at radius 2 is 1.28 bits per heavy atom. The summed E-state index contributed by atoms with van der Waals surface area (Å²) in [7, 11) is 0. The lowest BCUT2D eigenvalue weighted by Crippen LogP contribution is -2.17. The first-order valence-electron chi connectivity index (χ1n) is 10.9. The quantitative estimate of drug-likeness (QED) is 0.326. The summed E-state index contributed by atoms with van der Waals surface area (Å²) in [4.78, 5) is 25.7. The number of carbonyl (C=O) groups excluding carboxylic acids is 2. The Kier molecular flexibility index (Phi) is 7.14. The standard InChI is InChI=1S/C28H30O4/c1-19(2)16-22-17-23(28(3,4)5)18-24(31-26(29)20-12-8-6-9-13-20)25(22)32-27(30)21-14-10-7-11-15-21/h6-15,17-19H,16H2,1-5H3. The van der Waals surface area contributed by atoms with Gasteiger partial charge >= 0.3 is 11.9 Å². The van der Waals surface area contributed by atoms with E-state index in [0.717, 1.165) is 11.1 Å². The van der Waals surface area contributed by atoms with Crippen LogP contribution in [0.2, 0.25) is 0 Å². The lowest BCUT2D eigenvalue weighted by atomic mass is 9.84. The Labute approximate surface area is 190 Å². The number of rotatable bonds is 6. The van der Waals surface area contributed by atoms with Crippen molar-refractivity contribution in [1.29, 1.82) is 0 Å². The first-order valence-corrected chi connectivity index (χ1v) is 10.9. The second-order valence-corrected chi connectivity index (χ2v) is 9.32. The fraction of sp³-hybridized carbons (Fsp3) is 0.286. The molecule has 0 atom stereocenters. The molecule has 0 aromatic heterocycles. The first-order chi connectivity index (χ1) is 15.1. The maximum atomic E-state index is 12.9. The van der Waals surface area contributed by atoms with E-state index in [1.807, 2.05) is 18.2 Å². The van der Waals surface area contributed by atoms with Crippen LogP contribution in [0.5, 0.6) is 11.5 Å². The molecule has 32 heavy (non-hydrogen) atoms. The monoisotopic (exact) mass is 430 g/mol. The maximum Gasteiger partial charge on any atom is 0.343 e. The van der Waals surface area contributed by atoms with Gasteiger partial charge in [0.2, 0.25) is 0 Å². The number of hydrogen-bond acceptors (Lipinski definition) is 4. The molecule has 0 unspecified atom stereocenters. The van der Waals surface area contributed by atoms with Gasteiger partial charge in [-0.25, -0.2) is 9.59 Å². The van der Waals surface area contributed by atoms with Gasteiger partial charge in [-0.2, -0.15) is 0 Å². The fourth-order valence-corrected chi connectivity index (χ4v) is 3.33. The Morgan fingerprint density at radius 3 is 1.75 bits per heavy atom. The zero-order chi connectivity index (χ0) is 23.3. The van der Waals surface area contributed by atoms with Crippen molar-refractivity contribution < 1.29 is 19.1 Å². The van der Waals surface area contributed by atoms with E-state index in [2.05, 4.69) is 34.6 Å². The molecule has 0 spiro atoms. The van der Waals surface area contributed by atoms with Gasteiger partial charge in [-0.15, -0.1) is 0 Å². The average molecular weight is 431 g/mol. The van der Waals surface area contributed by atoms with Gasteiger partial charge in [0, 0.05) is 0 Å². The molecule has 4 heteroatoms. The Bertz CT molecular complexity index is 1080. The highest BCUT2D eigenvalue weighted by molar-refractivity contribution is 5.93. The molecule has 0 fully saturated rings. The highest BCUT2D eigenvalue weighted by atomic mass is 16.6. The molecular formula is C28H30O4. The van der Waals surface area contributed by atoms with E-state index in [1.165, 1.54) is 0 Å².